The van der Waals surface area contributed by atoms with E-state index in [9.17, 15) is 4.79 Å². The lowest BCUT2D eigenvalue weighted by molar-refractivity contribution is 0.652. The number of benzene rings is 1. The van der Waals surface area contributed by atoms with Crippen LogP contribution in [0.3, 0.4) is 0 Å². The number of hydrogen-bond donors (Lipinski definition) is 0. The fourth-order valence-corrected chi connectivity index (χ4v) is 2.19. The average Bonchev–Trinajstić information content (AvgIpc) is 2.76. The van der Waals surface area contributed by atoms with Crippen LogP contribution in [0.5, 0.6) is 0 Å². The molecule has 0 unspecified atom stereocenters. The molecule has 0 saturated carbocycles. The van der Waals surface area contributed by atoms with Gasteiger partial charge >= 0.3 is 0 Å². The first-order valence-corrected chi connectivity index (χ1v) is 6.02. The van der Waals surface area contributed by atoms with E-state index in [0.717, 1.165) is 16.9 Å². The van der Waals surface area contributed by atoms with Crippen molar-refractivity contribution in [1.82, 2.24) is 14.3 Å². The predicted octanol–water partition coefficient (Wildman–Crippen LogP) is 2.24. The van der Waals surface area contributed by atoms with Crippen molar-refractivity contribution in [1.29, 1.82) is 0 Å². The molecule has 2 aromatic heterocycles. The van der Waals surface area contributed by atoms with Crippen LogP contribution in [-0.2, 0) is 7.05 Å². The van der Waals surface area contributed by atoms with Gasteiger partial charge in [0.15, 0.2) is 0 Å². The van der Waals surface area contributed by atoms with Crippen molar-refractivity contribution >= 4 is 0 Å². The third kappa shape index (κ3) is 1.97. The normalized spacial score (nSPS) is 10.6. The van der Waals surface area contributed by atoms with Crippen LogP contribution in [0.15, 0.2) is 65.7 Å². The molecule has 4 heteroatoms. The lowest BCUT2D eigenvalue weighted by Crippen LogP contribution is -2.18. The molecule has 0 aliphatic rings. The lowest BCUT2D eigenvalue weighted by Gasteiger charge is -2.09. The predicted molar refractivity (Wildman–Crippen MR) is 74.2 cm³/mol. The summed E-state index contributed by atoms with van der Waals surface area (Å²) in [5.41, 5.74) is 2.66. The summed E-state index contributed by atoms with van der Waals surface area (Å²) >= 11 is 0. The van der Waals surface area contributed by atoms with Gasteiger partial charge in [-0.25, -0.2) is 4.68 Å². The first-order chi connectivity index (χ1) is 9.27. The second-order valence-corrected chi connectivity index (χ2v) is 4.27. The Bertz CT molecular complexity index is 742. The third-order valence-corrected chi connectivity index (χ3v) is 3.09. The first kappa shape index (κ1) is 11.5. The fourth-order valence-electron chi connectivity index (χ4n) is 2.19. The van der Waals surface area contributed by atoms with Gasteiger partial charge in [0.2, 0.25) is 0 Å². The Hall–Kier alpha value is -2.62. The lowest BCUT2D eigenvalue weighted by atomic mass is 10.2. The van der Waals surface area contributed by atoms with Gasteiger partial charge in [-0.05, 0) is 24.3 Å². The molecule has 19 heavy (non-hydrogen) atoms. The summed E-state index contributed by atoms with van der Waals surface area (Å²) in [7, 11) is 1.88. The topological polar surface area (TPSA) is 39.8 Å². The molecule has 0 radical (unpaired) electrons. The number of pyridine rings is 1. The SMILES string of the molecule is Cn1c(-c2ccncc2)cc(=O)n1-c1ccccc1. The molecule has 4 nitrogen and oxygen atoms in total. The number of aromatic nitrogens is 3. The minimum atomic E-state index is -0.0412. The fraction of sp³-hybridized carbons (Fsp3) is 0.0667. The molecular weight excluding hydrogens is 238 g/mol. The summed E-state index contributed by atoms with van der Waals surface area (Å²) in [6.45, 7) is 0. The van der Waals surface area contributed by atoms with Gasteiger partial charge in [-0.15, -0.1) is 0 Å². The summed E-state index contributed by atoms with van der Waals surface area (Å²) < 4.78 is 3.50. The molecule has 0 amide bonds. The molecule has 0 bridgehead atoms. The van der Waals surface area contributed by atoms with Crippen molar-refractivity contribution in [2.75, 3.05) is 0 Å². The number of rotatable bonds is 2. The molecule has 3 rings (SSSR count). The van der Waals surface area contributed by atoms with Gasteiger partial charge in [-0.2, -0.15) is 0 Å². The molecule has 0 atom stereocenters. The largest absolute Gasteiger partial charge is 0.280 e. The molecule has 0 N–H and O–H groups in total. The summed E-state index contributed by atoms with van der Waals surface area (Å²) in [5, 5.41) is 0. The van der Waals surface area contributed by atoms with Crippen LogP contribution in [0.2, 0.25) is 0 Å². The average molecular weight is 251 g/mol. The second kappa shape index (κ2) is 4.57. The minimum absolute atomic E-state index is 0.0412. The van der Waals surface area contributed by atoms with Crippen molar-refractivity contribution in [2.24, 2.45) is 7.05 Å². The zero-order valence-corrected chi connectivity index (χ0v) is 10.5. The van der Waals surface area contributed by atoms with Gasteiger partial charge < -0.3 is 0 Å². The van der Waals surface area contributed by atoms with Gasteiger partial charge in [0.25, 0.3) is 5.56 Å². The number of hydrogen-bond acceptors (Lipinski definition) is 2. The van der Waals surface area contributed by atoms with Crippen LogP contribution in [-0.4, -0.2) is 14.3 Å². The van der Waals surface area contributed by atoms with Gasteiger partial charge in [0, 0.05) is 31.1 Å². The highest BCUT2D eigenvalue weighted by molar-refractivity contribution is 5.58. The maximum absolute atomic E-state index is 12.2. The van der Waals surface area contributed by atoms with E-state index in [1.807, 2.05) is 54.2 Å². The molecule has 0 aliphatic carbocycles. The molecule has 94 valence electrons. The van der Waals surface area contributed by atoms with Crippen molar-refractivity contribution in [3.05, 3.63) is 71.3 Å². The van der Waals surface area contributed by atoms with Gasteiger partial charge in [-0.3, -0.25) is 14.5 Å². The van der Waals surface area contributed by atoms with Gasteiger partial charge in [0.05, 0.1) is 11.4 Å². The van der Waals surface area contributed by atoms with Crippen molar-refractivity contribution in [3.63, 3.8) is 0 Å². The van der Waals surface area contributed by atoms with Crippen molar-refractivity contribution in [2.45, 2.75) is 0 Å². The number of para-hydroxylation sites is 1. The Morgan fingerprint density at radius 2 is 1.68 bits per heavy atom. The summed E-state index contributed by atoms with van der Waals surface area (Å²) in [5.74, 6) is 0. The van der Waals surface area contributed by atoms with Gasteiger partial charge in [-0.1, -0.05) is 18.2 Å². The molecule has 2 heterocycles. The number of nitrogens with zero attached hydrogens (tertiary/aromatic N) is 3. The quantitative estimate of drug-likeness (QED) is 0.700. The first-order valence-electron chi connectivity index (χ1n) is 6.02. The van der Waals surface area contributed by atoms with E-state index in [-0.39, 0.29) is 5.56 Å². The van der Waals surface area contributed by atoms with Crippen LogP contribution >= 0.6 is 0 Å². The molecule has 0 saturated heterocycles. The molecule has 0 fully saturated rings. The Kier molecular flexibility index (Phi) is 2.76. The highest BCUT2D eigenvalue weighted by atomic mass is 16.1. The smallest absolute Gasteiger partial charge is 0.271 e. The van der Waals surface area contributed by atoms with Crippen molar-refractivity contribution in [3.8, 4) is 16.9 Å². The van der Waals surface area contributed by atoms with E-state index in [1.165, 1.54) is 0 Å². The standard InChI is InChI=1S/C15H13N3O/c1-17-14(12-7-9-16-10-8-12)11-15(19)18(17)13-5-3-2-4-6-13/h2-11H,1H3. The molecule has 3 aromatic rings. The van der Waals surface area contributed by atoms with Crippen LogP contribution in [0.25, 0.3) is 16.9 Å². The third-order valence-electron chi connectivity index (χ3n) is 3.09. The highest BCUT2D eigenvalue weighted by Gasteiger charge is 2.10. The van der Waals surface area contributed by atoms with E-state index in [0.29, 0.717) is 0 Å². The maximum atomic E-state index is 12.2. The maximum Gasteiger partial charge on any atom is 0.271 e. The van der Waals surface area contributed by atoms with Crippen LogP contribution in [0.4, 0.5) is 0 Å². The summed E-state index contributed by atoms with van der Waals surface area (Å²) in [6.07, 6.45) is 3.44. The minimum Gasteiger partial charge on any atom is -0.280 e. The van der Waals surface area contributed by atoms with E-state index >= 15 is 0 Å². The van der Waals surface area contributed by atoms with E-state index in [1.54, 1.807) is 23.1 Å². The Labute approximate surface area is 110 Å². The second-order valence-electron chi connectivity index (χ2n) is 4.27. The molecule has 0 spiro atoms. The van der Waals surface area contributed by atoms with Crippen LogP contribution < -0.4 is 5.56 Å². The van der Waals surface area contributed by atoms with Gasteiger partial charge in [0.1, 0.15) is 0 Å². The monoisotopic (exact) mass is 251 g/mol. The van der Waals surface area contributed by atoms with E-state index < -0.39 is 0 Å². The highest BCUT2D eigenvalue weighted by Crippen LogP contribution is 2.17. The Morgan fingerprint density at radius 3 is 2.37 bits per heavy atom. The van der Waals surface area contributed by atoms with Crippen LogP contribution in [0.1, 0.15) is 0 Å². The molecular formula is C15H13N3O. The van der Waals surface area contributed by atoms with E-state index in [4.69, 9.17) is 0 Å². The Balaban J connectivity index is 2.20. The van der Waals surface area contributed by atoms with Crippen LogP contribution in [0, 0.1) is 0 Å². The molecule has 0 aliphatic heterocycles. The Morgan fingerprint density at radius 1 is 1.00 bits per heavy atom. The zero-order valence-electron chi connectivity index (χ0n) is 10.5. The van der Waals surface area contributed by atoms with E-state index in [2.05, 4.69) is 4.98 Å². The molecule has 1 aromatic carbocycles. The van der Waals surface area contributed by atoms with Crippen molar-refractivity contribution < 1.29 is 0 Å². The zero-order chi connectivity index (χ0) is 13.2. The summed E-state index contributed by atoms with van der Waals surface area (Å²) in [4.78, 5) is 16.2. The summed E-state index contributed by atoms with van der Waals surface area (Å²) in [6, 6.07) is 15.0.